The van der Waals surface area contributed by atoms with E-state index in [1.807, 2.05) is 18.2 Å². The lowest BCUT2D eigenvalue weighted by atomic mass is 10.1. The number of halogens is 1. The fourth-order valence-electron chi connectivity index (χ4n) is 4.92. The SMILES string of the molecule is C=CC(=O)N(C)c1cc(N2CCN(CC)CC2)ccc1Nc1cc(N(C)C(=O)Nc2c(C)c(OC)cc(OC)c2Cl)ncn1. The molecule has 0 bridgehead atoms. The second kappa shape index (κ2) is 14.3. The first-order valence-corrected chi connectivity index (χ1v) is 14.6. The predicted molar refractivity (Wildman–Crippen MR) is 176 cm³/mol. The number of carbonyl (C=O) groups is 2. The number of nitrogens with zero attached hydrogens (tertiary/aromatic N) is 6. The van der Waals surface area contributed by atoms with Crippen molar-refractivity contribution in [3.8, 4) is 11.5 Å². The normalized spacial score (nSPS) is 13.2. The fraction of sp³-hybridized carbons (Fsp3) is 0.355. The standard InChI is InChI=1S/C31H39ClN8O4/c1-8-28(41)37(4)23-16-21(40-14-12-39(9-2)13-15-40)10-11-22(23)35-26-18-27(34-19-33-26)38(5)31(42)36-30-20(3)24(43-6)17-25(44-7)29(30)32/h8,10-11,16-19H,1,9,12-15H2,2-7H3,(H,36,42)(H,33,34,35). The number of benzene rings is 2. The van der Waals surface area contributed by atoms with E-state index in [2.05, 4.69) is 43.9 Å². The molecule has 12 nitrogen and oxygen atoms in total. The van der Waals surface area contributed by atoms with Crippen LogP contribution in [0.25, 0.3) is 0 Å². The van der Waals surface area contributed by atoms with E-state index in [9.17, 15) is 9.59 Å². The third-order valence-corrected chi connectivity index (χ3v) is 8.09. The molecule has 0 saturated carbocycles. The summed E-state index contributed by atoms with van der Waals surface area (Å²) < 4.78 is 10.8. The van der Waals surface area contributed by atoms with Crippen molar-refractivity contribution >= 4 is 57.9 Å². The van der Waals surface area contributed by atoms with Gasteiger partial charge < -0.3 is 34.8 Å². The Morgan fingerprint density at radius 3 is 2.39 bits per heavy atom. The number of piperazine rings is 1. The second-order valence-electron chi connectivity index (χ2n) is 10.2. The predicted octanol–water partition coefficient (Wildman–Crippen LogP) is 5.16. The lowest BCUT2D eigenvalue weighted by Crippen LogP contribution is -2.46. The number of aromatic nitrogens is 2. The molecular weight excluding hydrogens is 584 g/mol. The Kier molecular flexibility index (Phi) is 10.5. The maximum Gasteiger partial charge on any atom is 0.327 e. The number of methoxy groups -OCH3 is 2. The van der Waals surface area contributed by atoms with E-state index >= 15 is 0 Å². The summed E-state index contributed by atoms with van der Waals surface area (Å²) in [6.45, 7) is 12.4. The van der Waals surface area contributed by atoms with Crippen molar-refractivity contribution in [2.45, 2.75) is 13.8 Å². The molecule has 1 saturated heterocycles. The van der Waals surface area contributed by atoms with Gasteiger partial charge in [0, 0.05) is 63.7 Å². The summed E-state index contributed by atoms with van der Waals surface area (Å²) in [6, 6.07) is 8.74. The largest absolute Gasteiger partial charge is 0.496 e. The highest BCUT2D eigenvalue weighted by Gasteiger charge is 2.22. The van der Waals surface area contributed by atoms with Gasteiger partial charge in [0.2, 0.25) is 5.91 Å². The van der Waals surface area contributed by atoms with Gasteiger partial charge in [0.1, 0.15) is 34.5 Å². The first kappa shape index (κ1) is 32.4. The van der Waals surface area contributed by atoms with Crippen molar-refractivity contribution in [1.82, 2.24) is 14.9 Å². The van der Waals surface area contributed by atoms with Crippen LogP contribution in [0.1, 0.15) is 12.5 Å². The molecule has 0 spiro atoms. The zero-order valence-electron chi connectivity index (χ0n) is 26.0. The summed E-state index contributed by atoms with van der Waals surface area (Å²) in [4.78, 5) is 42.2. The number of amides is 3. The van der Waals surface area contributed by atoms with E-state index in [0.717, 1.165) is 38.4 Å². The Balaban J connectivity index is 1.58. The number of likely N-dealkylation sites (N-methyl/N-ethyl adjacent to an activating group) is 2. The molecule has 3 aromatic rings. The minimum Gasteiger partial charge on any atom is -0.496 e. The summed E-state index contributed by atoms with van der Waals surface area (Å²) in [5.41, 5.74) is 3.34. The molecule has 2 heterocycles. The summed E-state index contributed by atoms with van der Waals surface area (Å²) in [7, 11) is 6.30. The molecule has 0 unspecified atom stereocenters. The molecule has 44 heavy (non-hydrogen) atoms. The van der Waals surface area contributed by atoms with Crippen molar-refractivity contribution in [2.24, 2.45) is 0 Å². The van der Waals surface area contributed by atoms with E-state index in [-0.39, 0.29) is 10.9 Å². The van der Waals surface area contributed by atoms with Crippen LogP contribution >= 0.6 is 11.6 Å². The molecule has 3 amide bonds. The van der Waals surface area contributed by atoms with Gasteiger partial charge in [0.15, 0.2) is 0 Å². The Bertz CT molecular complexity index is 1500. The van der Waals surface area contributed by atoms with Gasteiger partial charge in [-0.25, -0.2) is 14.8 Å². The van der Waals surface area contributed by atoms with E-state index in [1.54, 1.807) is 33.2 Å². The number of ether oxygens (including phenoxy) is 2. The lowest BCUT2D eigenvalue weighted by molar-refractivity contribution is -0.113. The summed E-state index contributed by atoms with van der Waals surface area (Å²) >= 11 is 6.51. The molecule has 1 aliphatic heterocycles. The Hall–Kier alpha value is -4.55. The molecule has 234 valence electrons. The van der Waals surface area contributed by atoms with Gasteiger partial charge >= 0.3 is 6.03 Å². The number of hydrogen-bond acceptors (Lipinski definition) is 9. The van der Waals surface area contributed by atoms with E-state index in [1.165, 1.54) is 36.4 Å². The zero-order valence-corrected chi connectivity index (χ0v) is 26.7. The van der Waals surface area contributed by atoms with Gasteiger partial charge in [-0.2, -0.15) is 0 Å². The fourth-order valence-corrected chi connectivity index (χ4v) is 5.24. The van der Waals surface area contributed by atoms with Crippen molar-refractivity contribution in [3.05, 3.63) is 59.9 Å². The Labute approximate surface area is 263 Å². The highest BCUT2D eigenvalue weighted by Crippen LogP contribution is 2.41. The maximum atomic E-state index is 13.3. The van der Waals surface area contributed by atoms with Crippen LogP contribution in [0.4, 0.5) is 39.2 Å². The molecule has 2 N–H and O–H groups in total. The van der Waals surface area contributed by atoms with E-state index in [0.29, 0.717) is 45.8 Å². The van der Waals surface area contributed by atoms with Crippen LogP contribution in [0.2, 0.25) is 5.02 Å². The number of urea groups is 1. The number of anilines is 6. The van der Waals surface area contributed by atoms with Crippen LogP contribution in [-0.4, -0.2) is 87.8 Å². The van der Waals surface area contributed by atoms with Crippen molar-refractivity contribution < 1.29 is 19.1 Å². The molecule has 4 rings (SSSR count). The first-order chi connectivity index (χ1) is 21.1. The van der Waals surface area contributed by atoms with Crippen LogP contribution in [0.15, 0.2) is 49.3 Å². The molecule has 1 aliphatic rings. The Morgan fingerprint density at radius 2 is 1.75 bits per heavy atom. The van der Waals surface area contributed by atoms with Gasteiger partial charge in [-0.05, 0) is 37.7 Å². The summed E-state index contributed by atoms with van der Waals surface area (Å²) in [6.07, 6.45) is 2.63. The average molecular weight is 623 g/mol. The zero-order chi connectivity index (χ0) is 32.0. The number of carbonyl (C=O) groups excluding carboxylic acids is 2. The molecule has 1 fully saturated rings. The average Bonchev–Trinajstić information content (AvgIpc) is 3.06. The van der Waals surface area contributed by atoms with Crippen molar-refractivity contribution in [3.63, 3.8) is 0 Å². The molecule has 0 radical (unpaired) electrons. The third kappa shape index (κ3) is 6.98. The van der Waals surface area contributed by atoms with Crippen molar-refractivity contribution in [2.75, 3.05) is 86.4 Å². The van der Waals surface area contributed by atoms with Crippen LogP contribution < -0.4 is 34.8 Å². The molecular formula is C31H39ClN8O4. The summed E-state index contributed by atoms with van der Waals surface area (Å²) in [5, 5.41) is 6.38. The van der Waals surface area contributed by atoms with Gasteiger partial charge in [0.05, 0.1) is 31.3 Å². The monoisotopic (exact) mass is 622 g/mol. The second-order valence-corrected chi connectivity index (χ2v) is 10.6. The molecule has 0 aliphatic carbocycles. The Morgan fingerprint density at radius 1 is 1.05 bits per heavy atom. The number of nitrogens with one attached hydrogen (secondary N) is 2. The van der Waals surface area contributed by atoms with Crippen LogP contribution in [0.3, 0.4) is 0 Å². The molecule has 2 aromatic carbocycles. The van der Waals surface area contributed by atoms with E-state index < -0.39 is 6.03 Å². The van der Waals surface area contributed by atoms with Crippen LogP contribution in [-0.2, 0) is 4.79 Å². The quantitative estimate of drug-likeness (QED) is 0.296. The van der Waals surface area contributed by atoms with Gasteiger partial charge in [-0.1, -0.05) is 25.1 Å². The minimum absolute atomic E-state index is 0.246. The highest BCUT2D eigenvalue weighted by atomic mass is 35.5. The van der Waals surface area contributed by atoms with Gasteiger partial charge in [-0.15, -0.1) is 0 Å². The number of rotatable bonds is 10. The van der Waals surface area contributed by atoms with Crippen molar-refractivity contribution in [1.29, 1.82) is 0 Å². The smallest absolute Gasteiger partial charge is 0.327 e. The number of hydrogen-bond donors (Lipinski definition) is 2. The summed E-state index contributed by atoms with van der Waals surface area (Å²) in [5.74, 6) is 1.39. The first-order valence-electron chi connectivity index (χ1n) is 14.2. The van der Waals surface area contributed by atoms with Crippen LogP contribution in [0.5, 0.6) is 11.5 Å². The molecule has 13 heteroatoms. The minimum atomic E-state index is -0.487. The lowest BCUT2D eigenvalue weighted by Gasteiger charge is -2.36. The van der Waals surface area contributed by atoms with Gasteiger partial charge in [-0.3, -0.25) is 9.69 Å². The topological polar surface area (TPSA) is 115 Å². The van der Waals surface area contributed by atoms with Crippen LogP contribution in [0, 0.1) is 6.92 Å². The highest BCUT2D eigenvalue weighted by molar-refractivity contribution is 6.35. The van der Waals surface area contributed by atoms with E-state index in [4.69, 9.17) is 21.1 Å². The third-order valence-electron chi connectivity index (χ3n) is 7.71. The molecule has 0 atom stereocenters. The molecule has 1 aromatic heterocycles. The maximum absolute atomic E-state index is 13.3. The van der Waals surface area contributed by atoms with Gasteiger partial charge in [0.25, 0.3) is 0 Å².